The van der Waals surface area contributed by atoms with Crippen molar-refractivity contribution < 1.29 is 0 Å². The van der Waals surface area contributed by atoms with Crippen LogP contribution < -0.4 is 4.90 Å². The quantitative estimate of drug-likeness (QED) is 0.192. The number of para-hydroxylation sites is 1. The first-order chi connectivity index (χ1) is 22.9. The molecule has 1 fully saturated rings. The van der Waals surface area contributed by atoms with Gasteiger partial charge >= 0.3 is 0 Å². The van der Waals surface area contributed by atoms with E-state index in [1.807, 2.05) is 0 Å². The Morgan fingerprint density at radius 1 is 0.553 bits per heavy atom. The summed E-state index contributed by atoms with van der Waals surface area (Å²) in [6.45, 7) is 7.51. The van der Waals surface area contributed by atoms with Crippen molar-refractivity contribution in [1.82, 2.24) is 0 Å². The van der Waals surface area contributed by atoms with Crippen LogP contribution >= 0.6 is 0 Å². The zero-order chi connectivity index (χ0) is 31.8. The lowest BCUT2D eigenvalue weighted by Gasteiger charge is -2.52. The van der Waals surface area contributed by atoms with E-state index in [1.54, 1.807) is 0 Å². The van der Waals surface area contributed by atoms with Crippen molar-refractivity contribution in [2.24, 2.45) is 5.92 Å². The summed E-state index contributed by atoms with van der Waals surface area (Å²) < 4.78 is 0. The lowest BCUT2D eigenvalue weighted by Crippen LogP contribution is -2.56. The fourth-order valence-corrected chi connectivity index (χ4v) is 9.82. The van der Waals surface area contributed by atoms with Gasteiger partial charge < -0.3 is 4.90 Å². The first-order valence-corrected chi connectivity index (χ1v) is 17.3. The highest BCUT2D eigenvalue weighted by Crippen LogP contribution is 2.62. The molecule has 9 rings (SSSR count). The average Bonchev–Trinajstić information content (AvgIpc) is 3.52. The summed E-state index contributed by atoms with van der Waals surface area (Å²) in [7, 11) is 0. The zero-order valence-corrected chi connectivity index (χ0v) is 27.6. The molecule has 1 aliphatic heterocycles. The molecule has 0 bridgehead atoms. The number of nitrogens with zero attached hydrogens (tertiary/aromatic N) is 1. The van der Waals surface area contributed by atoms with Gasteiger partial charge in [-0.05, 0) is 113 Å². The van der Waals surface area contributed by atoms with Gasteiger partial charge in [-0.2, -0.15) is 0 Å². The third-order valence-electron chi connectivity index (χ3n) is 12.2. The van der Waals surface area contributed by atoms with E-state index < -0.39 is 5.41 Å². The summed E-state index contributed by atoms with van der Waals surface area (Å²) in [6, 6.07) is 56.9. The molecule has 47 heavy (non-hydrogen) atoms. The number of benzene rings is 6. The second-order valence-corrected chi connectivity index (χ2v) is 14.6. The largest absolute Gasteiger partial charge is 0.334 e. The molecule has 3 unspecified atom stereocenters. The van der Waals surface area contributed by atoms with E-state index in [2.05, 4.69) is 177 Å². The Morgan fingerprint density at radius 3 is 1.79 bits per heavy atom. The van der Waals surface area contributed by atoms with Crippen molar-refractivity contribution in [2.75, 3.05) is 4.90 Å². The van der Waals surface area contributed by atoms with Crippen LogP contribution in [-0.4, -0.2) is 5.54 Å². The van der Waals surface area contributed by atoms with Crippen molar-refractivity contribution in [1.29, 1.82) is 0 Å². The molecular weight excluding hydrogens is 567 g/mol. The third-order valence-corrected chi connectivity index (χ3v) is 12.2. The molecule has 6 aromatic carbocycles. The minimum Gasteiger partial charge on any atom is -0.334 e. The normalized spacial score (nSPS) is 23.5. The Morgan fingerprint density at radius 2 is 1.11 bits per heavy atom. The predicted molar refractivity (Wildman–Crippen MR) is 197 cm³/mol. The molecule has 1 saturated carbocycles. The van der Waals surface area contributed by atoms with E-state index in [0.29, 0.717) is 5.92 Å². The van der Waals surface area contributed by atoms with Gasteiger partial charge in [-0.25, -0.2) is 0 Å². The molecule has 1 heteroatoms. The predicted octanol–water partition coefficient (Wildman–Crippen LogP) is 11.7. The van der Waals surface area contributed by atoms with Crippen LogP contribution in [0.15, 0.2) is 152 Å². The first-order valence-electron chi connectivity index (χ1n) is 17.3. The van der Waals surface area contributed by atoms with E-state index in [-0.39, 0.29) is 11.0 Å². The van der Waals surface area contributed by atoms with E-state index in [4.69, 9.17) is 0 Å². The summed E-state index contributed by atoms with van der Waals surface area (Å²) in [6.07, 6.45) is 3.66. The minimum absolute atomic E-state index is 0.0162. The summed E-state index contributed by atoms with van der Waals surface area (Å²) in [5.74, 6) is 0.704. The second kappa shape index (κ2) is 10.3. The molecule has 3 aliphatic rings. The molecule has 1 heterocycles. The van der Waals surface area contributed by atoms with E-state index in [1.165, 1.54) is 80.7 Å². The summed E-state index contributed by atoms with van der Waals surface area (Å²) in [5, 5.41) is 0. The van der Waals surface area contributed by atoms with Gasteiger partial charge in [0.25, 0.3) is 0 Å². The van der Waals surface area contributed by atoms with Gasteiger partial charge in [0, 0.05) is 16.8 Å². The summed E-state index contributed by atoms with van der Waals surface area (Å²) >= 11 is 0. The second-order valence-electron chi connectivity index (χ2n) is 14.6. The van der Waals surface area contributed by atoms with Gasteiger partial charge in [-0.1, -0.05) is 135 Å². The topological polar surface area (TPSA) is 3.24 Å². The molecule has 2 aliphatic carbocycles. The molecule has 6 aromatic rings. The Bertz CT molecular complexity index is 2070. The standard InChI is InChI=1S/C46H41N/c1-32-27-28-44(2)42-30-34(24-26-43(42)47(45(44,3)31-32)37-19-11-6-12-20-37)33-23-25-39-38-21-13-14-22-40(38)46(41(39)29-33,35-15-7-4-8-16-35)36-17-9-5-10-18-36/h4-26,29-30,32H,27-28,31H2,1-3H3. The fraction of sp³-hybridized carbons (Fsp3) is 0.217. The Kier molecular flexibility index (Phi) is 6.22. The van der Waals surface area contributed by atoms with Crippen molar-refractivity contribution in [2.45, 2.75) is 56.4 Å². The van der Waals surface area contributed by atoms with Crippen molar-refractivity contribution in [3.05, 3.63) is 179 Å². The highest BCUT2D eigenvalue weighted by molar-refractivity contribution is 5.89. The van der Waals surface area contributed by atoms with E-state index in [9.17, 15) is 0 Å². The maximum Gasteiger partial charge on any atom is 0.0713 e. The van der Waals surface area contributed by atoms with Gasteiger partial charge in [0.15, 0.2) is 0 Å². The van der Waals surface area contributed by atoms with E-state index >= 15 is 0 Å². The number of anilines is 2. The Balaban J connectivity index is 1.26. The van der Waals surface area contributed by atoms with E-state index in [0.717, 1.165) is 0 Å². The maximum absolute atomic E-state index is 2.68. The van der Waals surface area contributed by atoms with Crippen LogP contribution in [0.5, 0.6) is 0 Å². The number of rotatable bonds is 4. The molecule has 1 nitrogen and oxygen atoms in total. The average molecular weight is 608 g/mol. The van der Waals surface area contributed by atoms with Crippen LogP contribution in [0.3, 0.4) is 0 Å². The first kappa shape index (κ1) is 28.4. The number of hydrogen-bond acceptors (Lipinski definition) is 1. The van der Waals surface area contributed by atoms with Crippen LogP contribution in [0, 0.1) is 5.92 Å². The van der Waals surface area contributed by atoms with Gasteiger partial charge in [-0.15, -0.1) is 0 Å². The maximum atomic E-state index is 2.68. The lowest BCUT2D eigenvalue weighted by atomic mass is 9.59. The van der Waals surface area contributed by atoms with Crippen LogP contribution in [0.25, 0.3) is 22.3 Å². The highest BCUT2D eigenvalue weighted by Gasteiger charge is 2.58. The molecule has 0 amide bonds. The van der Waals surface area contributed by atoms with Gasteiger partial charge in [0.2, 0.25) is 0 Å². The molecule has 0 N–H and O–H groups in total. The third kappa shape index (κ3) is 3.83. The van der Waals surface area contributed by atoms with Crippen LogP contribution in [0.1, 0.15) is 67.9 Å². The molecule has 230 valence electrons. The molecule has 0 radical (unpaired) electrons. The molecular formula is C46H41N. The van der Waals surface area contributed by atoms with Gasteiger partial charge in [0.05, 0.1) is 11.0 Å². The smallest absolute Gasteiger partial charge is 0.0713 e. The summed E-state index contributed by atoms with van der Waals surface area (Å²) in [4.78, 5) is 2.68. The van der Waals surface area contributed by atoms with Crippen molar-refractivity contribution >= 4 is 11.4 Å². The van der Waals surface area contributed by atoms with Crippen LogP contribution in [-0.2, 0) is 10.8 Å². The Labute approximate surface area is 279 Å². The molecule has 0 saturated heterocycles. The minimum atomic E-state index is -0.393. The molecule has 0 aromatic heterocycles. The number of fused-ring (bicyclic) bond motifs is 6. The van der Waals surface area contributed by atoms with Crippen molar-refractivity contribution in [3.8, 4) is 22.3 Å². The highest BCUT2D eigenvalue weighted by atomic mass is 15.3. The van der Waals surface area contributed by atoms with Crippen LogP contribution in [0.4, 0.5) is 11.4 Å². The van der Waals surface area contributed by atoms with Gasteiger partial charge in [0.1, 0.15) is 0 Å². The Hall–Kier alpha value is -4.88. The molecule has 3 atom stereocenters. The van der Waals surface area contributed by atoms with Crippen molar-refractivity contribution in [3.63, 3.8) is 0 Å². The molecule has 0 spiro atoms. The number of hydrogen-bond donors (Lipinski definition) is 0. The van der Waals surface area contributed by atoms with Crippen LogP contribution in [0.2, 0.25) is 0 Å². The zero-order valence-electron chi connectivity index (χ0n) is 27.6. The van der Waals surface area contributed by atoms with Gasteiger partial charge in [-0.3, -0.25) is 0 Å². The fourth-order valence-electron chi connectivity index (χ4n) is 9.82. The summed E-state index contributed by atoms with van der Waals surface area (Å²) in [5.41, 5.74) is 14.4. The SMILES string of the molecule is CC1CCC2(C)c3cc(-c4ccc5c(c4)C(c4ccccc4)(c4ccccc4)c4ccccc4-5)ccc3N(c3ccccc3)C2(C)C1. The lowest BCUT2D eigenvalue weighted by molar-refractivity contribution is 0.154. The monoisotopic (exact) mass is 607 g/mol.